The van der Waals surface area contributed by atoms with Crippen molar-refractivity contribution in [3.8, 4) is 6.07 Å². The van der Waals surface area contributed by atoms with E-state index in [0.29, 0.717) is 21.1 Å². The Morgan fingerprint density at radius 3 is 2.60 bits per heavy atom. The van der Waals surface area contributed by atoms with E-state index in [9.17, 15) is 13.2 Å². The van der Waals surface area contributed by atoms with Gasteiger partial charge >= 0.3 is 6.18 Å². The fourth-order valence-electron chi connectivity index (χ4n) is 0.868. The van der Waals surface area contributed by atoms with Crippen LogP contribution >= 0.6 is 27.7 Å². The van der Waals surface area contributed by atoms with E-state index in [1.165, 1.54) is 12.1 Å². The van der Waals surface area contributed by atoms with Crippen molar-refractivity contribution in [2.45, 2.75) is 11.1 Å². The van der Waals surface area contributed by atoms with Crippen LogP contribution < -0.4 is 0 Å². The van der Waals surface area contributed by atoms with E-state index < -0.39 is 11.9 Å². The molecule has 0 N–H and O–H groups in total. The topological polar surface area (TPSA) is 23.8 Å². The van der Waals surface area contributed by atoms with Gasteiger partial charge in [0.2, 0.25) is 0 Å². The molecule has 0 aromatic heterocycles. The molecule has 1 nitrogen and oxygen atoms in total. The third-order valence-corrected chi connectivity index (χ3v) is 3.07. The van der Waals surface area contributed by atoms with Crippen LogP contribution in [-0.2, 0) is 0 Å². The third kappa shape index (κ3) is 4.14. The monoisotopic (exact) mass is 295 g/mol. The number of thioether (sulfide) groups is 1. The van der Waals surface area contributed by atoms with Crippen molar-refractivity contribution in [3.63, 3.8) is 0 Å². The number of alkyl halides is 3. The Labute approximate surface area is 97.4 Å². The lowest BCUT2D eigenvalue weighted by Gasteiger charge is -2.07. The first-order valence-corrected chi connectivity index (χ1v) is 5.59. The Kier molecular flexibility index (Phi) is 4.05. The molecule has 1 rings (SSSR count). The smallest absolute Gasteiger partial charge is 0.192 e. The highest BCUT2D eigenvalue weighted by molar-refractivity contribution is 9.10. The predicted molar refractivity (Wildman–Crippen MR) is 55.6 cm³/mol. The van der Waals surface area contributed by atoms with Gasteiger partial charge in [0.1, 0.15) is 6.07 Å². The first-order valence-electron chi connectivity index (χ1n) is 3.81. The maximum absolute atomic E-state index is 12.0. The molecule has 0 aliphatic carbocycles. The van der Waals surface area contributed by atoms with Gasteiger partial charge in [-0.05, 0) is 18.2 Å². The summed E-state index contributed by atoms with van der Waals surface area (Å²) < 4.78 is 36.5. The van der Waals surface area contributed by atoms with Gasteiger partial charge in [0.25, 0.3) is 0 Å². The molecule has 80 valence electrons. The summed E-state index contributed by atoms with van der Waals surface area (Å²) in [6.45, 7) is 0. The van der Waals surface area contributed by atoms with Crippen molar-refractivity contribution in [3.05, 3.63) is 28.2 Å². The molecule has 0 radical (unpaired) electrons. The molecule has 0 atom stereocenters. The van der Waals surface area contributed by atoms with E-state index >= 15 is 0 Å². The molecule has 0 saturated carbocycles. The fraction of sp³-hybridized carbons (Fsp3) is 0.222. The van der Waals surface area contributed by atoms with Crippen LogP contribution in [0, 0.1) is 11.3 Å². The van der Waals surface area contributed by atoms with Gasteiger partial charge in [-0.25, -0.2) is 0 Å². The van der Waals surface area contributed by atoms with Crippen LogP contribution in [0.2, 0.25) is 0 Å². The highest BCUT2D eigenvalue weighted by Crippen LogP contribution is 2.31. The summed E-state index contributed by atoms with van der Waals surface area (Å²) >= 11 is 3.76. The van der Waals surface area contributed by atoms with E-state index in [1.807, 2.05) is 6.07 Å². The van der Waals surface area contributed by atoms with Gasteiger partial charge in [-0.2, -0.15) is 18.4 Å². The molecule has 6 heteroatoms. The number of hydrogen-bond donors (Lipinski definition) is 0. The number of rotatable bonds is 2. The van der Waals surface area contributed by atoms with Crippen LogP contribution in [0.3, 0.4) is 0 Å². The van der Waals surface area contributed by atoms with Crippen LogP contribution in [-0.4, -0.2) is 11.9 Å². The first kappa shape index (κ1) is 12.4. The van der Waals surface area contributed by atoms with Gasteiger partial charge in [0.15, 0.2) is 0 Å². The van der Waals surface area contributed by atoms with Crippen LogP contribution in [0.25, 0.3) is 0 Å². The van der Waals surface area contributed by atoms with E-state index in [1.54, 1.807) is 6.07 Å². The van der Waals surface area contributed by atoms with Gasteiger partial charge in [0, 0.05) is 9.37 Å². The van der Waals surface area contributed by atoms with E-state index in [0.717, 1.165) is 0 Å². The van der Waals surface area contributed by atoms with Gasteiger partial charge in [0.05, 0.1) is 11.3 Å². The summed E-state index contributed by atoms with van der Waals surface area (Å²) in [4.78, 5) is 0.337. The number of nitrogens with zero attached hydrogens (tertiary/aromatic N) is 1. The molecule has 0 aliphatic heterocycles. The summed E-state index contributed by atoms with van der Waals surface area (Å²) in [5.41, 5.74) is 0.257. The van der Waals surface area contributed by atoms with Crippen molar-refractivity contribution < 1.29 is 13.2 Å². The lowest BCUT2D eigenvalue weighted by Crippen LogP contribution is -2.10. The fourth-order valence-corrected chi connectivity index (χ4v) is 2.18. The average molecular weight is 296 g/mol. The third-order valence-electron chi connectivity index (χ3n) is 1.46. The zero-order chi connectivity index (χ0) is 11.5. The molecule has 1 aromatic carbocycles. The van der Waals surface area contributed by atoms with Crippen LogP contribution in [0.4, 0.5) is 13.2 Å². The lowest BCUT2D eigenvalue weighted by atomic mass is 10.2. The standard InChI is InChI=1S/C9H5BrF3NS/c10-7-2-1-6(4-14)8(3-7)15-5-9(11,12)13/h1-3H,5H2. The molecule has 0 aliphatic rings. The summed E-state index contributed by atoms with van der Waals surface area (Å²) in [7, 11) is 0. The Morgan fingerprint density at radius 2 is 2.07 bits per heavy atom. The maximum atomic E-state index is 12.0. The molecular formula is C9H5BrF3NS. The summed E-state index contributed by atoms with van der Waals surface area (Å²) in [5.74, 6) is -0.988. The quantitative estimate of drug-likeness (QED) is 0.771. The van der Waals surface area contributed by atoms with Crippen LogP contribution in [0.15, 0.2) is 27.6 Å². The number of halogens is 4. The highest BCUT2D eigenvalue weighted by Gasteiger charge is 2.27. The second-order valence-corrected chi connectivity index (χ2v) is 4.59. The molecule has 1 aromatic rings. The zero-order valence-electron chi connectivity index (χ0n) is 7.31. The van der Waals surface area contributed by atoms with Crippen molar-refractivity contribution in [2.75, 3.05) is 5.75 Å². The lowest BCUT2D eigenvalue weighted by molar-refractivity contribution is -0.105. The second kappa shape index (κ2) is 4.90. The Hall–Kier alpha value is -0.670. The number of benzene rings is 1. The largest absolute Gasteiger partial charge is 0.398 e. The van der Waals surface area contributed by atoms with E-state index in [2.05, 4.69) is 15.9 Å². The minimum absolute atomic E-state index is 0.257. The Bertz CT molecular complexity index is 397. The molecule has 0 unspecified atom stereocenters. The van der Waals surface area contributed by atoms with E-state index in [4.69, 9.17) is 5.26 Å². The van der Waals surface area contributed by atoms with E-state index in [-0.39, 0.29) is 5.56 Å². The summed E-state index contributed by atoms with van der Waals surface area (Å²) in [5, 5.41) is 8.68. The Balaban J connectivity index is 2.85. The molecule has 0 bridgehead atoms. The molecular weight excluding hydrogens is 291 g/mol. The SMILES string of the molecule is N#Cc1ccc(Br)cc1SCC(F)(F)F. The number of hydrogen-bond acceptors (Lipinski definition) is 2. The minimum atomic E-state index is -4.22. The molecule has 0 spiro atoms. The van der Waals surface area contributed by atoms with Crippen molar-refractivity contribution >= 4 is 27.7 Å². The number of nitriles is 1. The Morgan fingerprint density at radius 1 is 1.40 bits per heavy atom. The highest BCUT2D eigenvalue weighted by atomic mass is 79.9. The normalized spacial score (nSPS) is 11.1. The van der Waals surface area contributed by atoms with Gasteiger partial charge in [-0.3, -0.25) is 0 Å². The van der Waals surface area contributed by atoms with Gasteiger partial charge in [-0.15, -0.1) is 11.8 Å². The van der Waals surface area contributed by atoms with Crippen molar-refractivity contribution in [1.82, 2.24) is 0 Å². The zero-order valence-corrected chi connectivity index (χ0v) is 9.71. The van der Waals surface area contributed by atoms with Gasteiger partial charge in [-0.1, -0.05) is 15.9 Å². The molecule has 15 heavy (non-hydrogen) atoms. The maximum Gasteiger partial charge on any atom is 0.398 e. The molecule has 0 heterocycles. The van der Waals surface area contributed by atoms with Crippen LogP contribution in [0.1, 0.15) is 5.56 Å². The average Bonchev–Trinajstić information content (AvgIpc) is 2.14. The minimum Gasteiger partial charge on any atom is -0.192 e. The van der Waals surface area contributed by atoms with Crippen molar-refractivity contribution in [1.29, 1.82) is 5.26 Å². The first-order chi connectivity index (χ1) is 6.92. The molecule has 0 amide bonds. The van der Waals surface area contributed by atoms with Crippen LogP contribution in [0.5, 0.6) is 0 Å². The predicted octanol–water partition coefficient (Wildman–Crippen LogP) is 3.98. The van der Waals surface area contributed by atoms with Crippen molar-refractivity contribution in [2.24, 2.45) is 0 Å². The second-order valence-electron chi connectivity index (χ2n) is 2.66. The summed E-state index contributed by atoms with van der Waals surface area (Å²) in [6.07, 6.45) is -4.22. The van der Waals surface area contributed by atoms with Gasteiger partial charge < -0.3 is 0 Å². The molecule has 0 fully saturated rings. The molecule has 0 saturated heterocycles. The summed E-state index contributed by atoms with van der Waals surface area (Å²) in [6, 6.07) is 6.47.